The Morgan fingerprint density at radius 2 is 0.763 bits per heavy atom. The molecule has 4 aliphatic carbocycles. The molecule has 0 spiro atoms. The first-order valence-electron chi connectivity index (χ1n) is 40.7. The Morgan fingerprint density at radius 1 is 0.412 bits per heavy atom. The van der Waals surface area contributed by atoms with Gasteiger partial charge in [-0.15, -0.1) is 0 Å². The van der Waals surface area contributed by atoms with Crippen LogP contribution in [0.5, 0.6) is 0 Å². The summed E-state index contributed by atoms with van der Waals surface area (Å²) in [5.41, 5.74) is 32.5. The van der Waals surface area contributed by atoms with Gasteiger partial charge < -0.3 is 23.9 Å². The van der Waals surface area contributed by atoms with Crippen LogP contribution in [0.4, 0.5) is 0 Å². The number of aliphatic imine (C=N–C) groups is 4. The van der Waals surface area contributed by atoms with E-state index in [2.05, 4.69) is 65.7 Å². The van der Waals surface area contributed by atoms with Gasteiger partial charge in [0.05, 0.1) is 44.4 Å². The first-order valence-corrected chi connectivity index (χ1v) is 40.7. The lowest BCUT2D eigenvalue weighted by molar-refractivity contribution is -0.118. The van der Waals surface area contributed by atoms with Crippen molar-refractivity contribution in [2.45, 2.75) is 128 Å². The van der Waals surface area contributed by atoms with E-state index in [1.165, 1.54) is 83.9 Å². The monoisotopic (exact) mass is 1510 g/mol. The summed E-state index contributed by atoms with van der Waals surface area (Å²) in [5.74, 6) is 1.47. The van der Waals surface area contributed by atoms with Crippen molar-refractivity contribution in [3.63, 3.8) is 0 Å². The molecule has 8 heterocycles. The van der Waals surface area contributed by atoms with Gasteiger partial charge in [0.15, 0.2) is 23.1 Å². The Labute approximate surface area is 666 Å². The van der Waals surface area contributed by atoms with E-state index in [4.69, 9.17) is 29.2 Å². The number of Topliss-reactive ketones (excluding diaryl/α,β-unsaturated/α-hetero) is 4. The van der Waals surface area contributed by atoms with E-state index >= 15 is 0 Å². The van der Waals surface area contributed by atoms with E-state index in [1.807, 2.05) is 153 Å². The average Bonchev–Trinajstić information content (AvgIpc) is 1.64. The minimum absolute atomic E-state index is 0.0216. The van der Waals surface area contributed by atoms with E-state index < -0.39 is 5.92 Å². The van der Waals surface area contributed by atoms with Gasteiger partial charge in [0.25, 0.3) is 5.56 Å². The molecule has 574 valence electrons. The van der Waals surface area contributed by atoms with Gasteiger partial charge in [-0.3, -0.25) is 43.9 Å². The van der Waals surface area contributed by atoms with E-state index in [0.29, 0.717) is 43.6 Å². The van der Waals surface area contributed by atoms with Crippen molar-refractivity contribution < 1.29 is 38.5 Å². The number of carbonyl (C=O) groups is 4. The molecular formula is C100H95N5O9. The highest BCUT2D eigenvalue weighted by molar-refractivity contribution is 6.16. The number of aryl methyl sites for hydroxylation is 1. The molecule has 114 heavy (non-hydrogen) atoms. The normalized spacial score (nSPS) is 18.2. The molecule has 3 atom stereocenters. The predicted octanol–water partition coefficient (Wildman–Crippen LogP) is 16.6. The molecule has 11 aliphatic rings. The molecule has 0 bridgehead atoms. The second-order valence-electron chi connectivity index (χ2n) is 32.1. The fraction of sp³-hybridized carbons (Fsp3) is 0.310. The Balaban J connectivity index is 0.000000110. The van der Waals surface area contributed by atoms with Crippen LogP contribution in [-0.4, -0.2) is 102 Å². The van der Waals surface area contributed by atoms with Crippen molar-refractivity contribution in [3.8, 4) is 0 Å². The third kappa shape index (κ3) is 15.9. The number of nitrogens with zero attached hydrogens (tertiary/aromatic N) is 5. The Kier molecular flexibility index (Phi) is 22.2. The second-order valence-corrected chi connectivity index (χ2v) is 32.1. The summed E-state index contributed by atoms with van der Waals surface area (Å²) in [7, 11) is 1.74. The molecule has 0 unspecified atom stereocenters. The smallest absolute Gasteiger partial charge is 0.250 e. The van der Waals surface area contributed by atoms with Gasteiger partial charge in [0, 0.05) is 188 Å². The van der Waals surface area contributed by atoms with Gasteiger partial charge in [-0.25, -0.2) is 0 Å². The van der Waals surface area contributed by atoms with Crippen molar-refractivity contribution in [1.29, 1.82) is 0 Å². The summed E-state index contributed by atoms with van der Waals surface area (Å²) in [6.07, 6.45) is 19.5. The summed E-state index contributed by atoms with van der Waals surface area (Å²) in [6, 6.07) is 61.0. The number of fused-ring (bicyclic) bond motifs is 8. The lowest BCUT2D eigenvalue weighted by Crippen LogP contribution is -2.23. The summed E-state index contributed by atoms with van der Waals surface area (Å²) >= 11 is 0. The molecule has 7 aliphatic heterocycles. The molecule has 14 heteroatoms. The van der Waals surface area contributed by atoms with Gasteiger partial charge in [-0.2, -0.15) is 0 Å². The molecule has 9 aromatic rings. The number of rotatable bonds is 17. The highest BCUT2D eigenvalue weighted by Crippen LogP contribution is 2.41. The molecule has 0 amide bonds. The van der Waals surface area contributed by atoms with Crippen LogP contribution in [0.1, 0.15) is 187 Å². The summed E-state index contributed by atoms with van der Waals surface area (Å²) in [4.78, 5) is 83.3. The lowest BCUT2D eigenvalue weighted by atomic mass is 9.88. The third-order valence-electron chi connectivity index (χ3n) is 24.9. The standard InChI is InChI=1S/C25H20N2O2.C25H25NO3.2C25H25NO2/c1-27-8-7-17(14-24(27)29)25-22-13-19-11-20(10-18(19)12-21(22)15-26-25)23(28)9-16-5-3-2-4-6-16;27-15-23(16-4-2-1-3-5-16)25(28)20-10-18-12-21-14-26-24(17-6-8-29-9-7-17)22(21)13-19(18)11-20;2*1-16(17-5-3-2-4-6-17)25(27)21-11-19-13-22-15-26-24(18-7-9-28-10-8-18)23(22)14-20(19)12-21/h2-8,11-14H,9-10,15H2,1H3;1-5,11-13,17,23,27H,6-10,14-15H2;2*2-6,12-14,16,18H,7-11,15H2,1H3/t;23-;2*16-/m.110/s1. The summed E-state index contributed by atoms with van der Waals surface area (Å²) < 4.78 is 18.1. The Hall–Kier alpha value is -11.1. The van der Waals surface area contributed by atoms with Gasteiger partial charge in [0.2, 0.25) is 0 Å². The van der Waals surface area contributed by atoms with E-state index in [9.17, 15) is 29.1 Å². The van der Waals surface area contributed by atoms with E-state index in [1.54, 1.807) is 23.9 Å². The second kappa shape index (κ2) is 33.5. The lowest BCUT2D eigenvalue weighted by Gasteiger charge is -2.23. The van der Waals surface area contributed by atoms with Crippen LogP contribution in [0, 0.1) is 17.8 Å². The molecule has 0 saturated carbocycles. The Bertz CT molecular complexity index is 5440. The number of aromatic nitrogens is 1. The molecule has 1 aromatic heterocycles. The number of allylic oxidation sites excluding steroid dienone is 4. The van der Waals surface area contributed by atoms with Crippen LogP contribution < -0.4 is 5.56 Å². The van der Waals surface area contributed by atoms with Crippen LogP contribution in [0.25, 0.3) is 24.3 Å². The first kappa shape index (κ1) is 75.6. The quantitative estimate of drug-likeness (QED) is 0.0925. The fourth-order valence-electron chi connectivity index (χ4n) is 18.3. The van der Waals surface area contributed by atoms with Crippen molar-refractivity contribution in [1.82, 2.24) is 4.57 Å². The first-order chi connectivity index (χ1) is 55.7. The number of hydrogen-bond acceptors (Lipinski definition) is 13. The zero-order valence-electron chi connectivity index (χ0n) is 65.2. The topological polar surface area (TPSA) is 188 Å². The maximum Gasteiger partial charge on any atom is 0.250 e. The molecule has 1 N–H and O–H groups in total. The maximum atomic E-state index is 13.1. The number of aliphatic hydroxyl groups is 1. The molecule has 8 aromatic carbocycles. The van der Waals surface area contributed by atoms with Crippen LogP contribution in [0.2, 0.25) is 0 Å². The largest absolute Gasteiger partial charge is 0.395 e. The summed E-state index contributed by atoms with van der Waals surface area (Å²) in [5, 5.41) is 9.87. The number of pyridine rings is 1. The number of benzene rings is 8. The summed E-state index contributed by atoms with van der Waals surface area (Å²) in [6.45, 7) is 11.7. The van der Waals surface area contributed by atoms with Gasteiger partial charge in [-0.1, -0.05) is 159 Å². The molecular weight excluding hydrogens is 1420 g/mol. The molecule has 3 fully saturated rings. The Morgan fingerprint density at radius 3 is 1.17 bits per heavy atom. The number of ether oxygens (including phenoxy) is 3. The molecule has 20 rings (SSSR count). The number of aliphatic hydroxyl groups excluding tert-OH is 1. The van der Waals surface area contributed by atoms with E-state index in [0.717, 1.165) is 189 Å². The third-order valence-corrected chi connectivity index (χ3v) is 24.9. The fourth-order valence-corrected chi connectivity index (χ4v) is 18.3. The predicted molar refractivity (Wildman–Crippen MR) is 451 cm³/mol. The molecule has 0 radical (unpaired) electrons. The van der Waals surface area contributed by atoms with Crippen LogP contribution >= 0.6 is 0 Å². The van der Waals surface area contributed by atoms with Gasteiger partial charge in [-0.05, 0) is 182 Å². The van der Waals surface area contributed by atoms with Crippen LogP contribution in [-0.2, 0) is 98.7 Å². The highest BCUT2D eigenvalue weighted by atomic mass is 16.5. The molecule has 14 nitrogen and oxygen atoms in total. The van der Waals surface area contributed by atoms with Crippen molar-refractivity contribution >= 4 is 70.3 Å². The van der Waals surface area contributed by atoms with Crippen molar-refractivity contribution in [3.05, 3.63) is 338 Å². The highest BCUT2D eigenvalue weighted by Gasteiger charge is 2.35. The minimum Gasteiger partial charge on any atom is -0.395 e. The SMILES string of the molecule is C[C@@H](C(=O)C1=Cc2cc3c(cc2C1)CN=C3C1CCOCC1)c1ccccc1.C[C@H](C(=O)C1=Cc2cc3c(cc2C1)CN=C3C1CCOCC1)c1ccccc1.Cn1ccc(C2=NCc3cc4c(cc32)C=C(C(=O)Cc2ccccc2)C4)cc1=O.O=C(C1=Cc2cc3c(cc2C1)CN=C3C1CCOCC1)[C@H](CO)c1ccccc1. The number of carbonyl (C=O) groups excluding carboxylic acids is 4. The van der Waals surface area contributed by atoms with E-state index in [-0.39, 0.29) is 47.1 Å². The zero-order chi connectivity index (χ0) is 77.9. The average molecular weight is 1510 g/mol. The van der Waals surface area contributed by atoms with Gasteiger partial charge in [0.1, 0.15) is 0 Å². The number of hydrogen-bond donors (Lipinski definition) is 1. The van der Waals surface area contributed by atoms with Gasteiger partial charge >= 0.3 is 0 Å². The van der Waals surface area contributed by atoms with Crippen molar-refractivity contribution in [2.24, 2.45) is 44.8 Å². The maximum absolute atomic E-state index is 13.1. The minimum atomic E-state index is -0.497. The zero-order valence-corrected chi connectivity index (χ0v) is 65.2. The van der Waals surface area contributed by atoms with Crippen LogP contribution in [0.3, 0.4) is 0 Å². The molecule has 3 saturated heterocycles. The van der Waals surface area contributed by atoms with Crippen molar-refractivity contribution in [2.75, 3.05) is 46.2 Å². The van der Waals surface area contributed by atoms with Crippen LogP contribution in [0.15, 0.2) is 235 Å². The number of ketones is 4.